The molecule has 3 rings (SSSR count). The maximum Gasteiger partial charge on any atom is 0.214 e. The standard InChI is InChI=1S/C14H13Cl2N3O/c1-2-10-7-17-14(20-10)8-19-12-4-3-9(16)5-11(12)18-13(19)6-15/h3-5,7H,2,6,8H2,1H3. The summed E-state index contributed by atoms with van der Waals surface area (Å²) in [5, 5.41) is 0.660. The van der Waals surface area contributed by atoms with Gasteiger partial charge in [0.05, 0.1) is 23.1 Å². The van der Waals surface area contributed by atoms with Crippen LogP contribution in [-0.4, -0.2) is 14.5 Å². The molecule has 0 saturated carbocycles. The molecule has 0 amide bonds. The van der Waals surface area contributed by atoms with E-state index in [1.54, 1.807) is 6.20 Å². The van der Waals surface area contributed by atoms with Crippen LogP contribution in [0.25, 0.3) is 11.0 Å². The Bertz CT molecular complexity index is 748. The number of benzene rings is 1. The second-order valence-electron chi connectivity index (χ2n) is 4.45. The lowest BCUT2D eigenvalue weighted by molar-refractivity contribution is 0.446. The first-order valence-corrected chi connectivity index (χ1v) is 7.26. The highest BCUT2D eigenvalue weighted by Crippen LogP contribution is 2.22. The lowest BCUT2D eigenvalue weighted by Gasteiger charge is -2.04. The van der Waals surface area contributed by atoms with Gasteiger partial charge < -0.3 is 8.98 Å². The number of halogens is 2. The summed E-state index contributed by atoms with van der Waals surface area (Å²) >= 11 is 12.0. The molecule has 0 unspecified atom stereocenters. The molecule has 0 atom stereocenters. The predicted molar refractivity (Wildman–Crippen MR) is 79.3 cm³/mol. The van der Waals surface area contributed by atoms with Crippen molar-refractivity contribution in [3.05, 3.63) is 46.9 Å². The van der Waals surface area contributed by atoms with Crippen LogP contribution in [0.2, 0.25) is 5.02 Å². The molecule has 0 aliphatic rings. The number of rotatable bonds is 4. The van der Waals surface area contributed by atoms with Crippen LogP contribution in [0, 0.1) is 0 Å². The quantitative estimate of drug-likeness (QED) is 0.683. The van der Waals surface area contributed by atoms with Crippen molar-refractivity contribution < 1.29 is 4.42 Å². The second kappa shape index (κ2) is 5.46. The Hall–Kier alpha value is -1.52. The van der Waals surface area contributed by atoms with Gasteiger partial charge in [-0.1, -0.05) is 18.5 Å². The smallest absolute Gasteiger partial charge is 0.214 e. The Balaban J connectivity index is 2.04. The van der Waals surface area contributed by atoms with Gasteiger partial charge in [-0.2, -0.15) is 0 Å². The molecule has 3 aromatic rings. The van der Waals surface area contributed by atoms with E-state index in [1.807, 2.05) is 29.7 Å². The monoisotopic (exact) mass is 309 g/mol. The number of hydrogen-bond acceptors (Lipinski definition) is 3. The van der Waals surface area contributed by atoms with Crippen LogP contribution in [0.5, 0.6) is 0 Å². The Morgan fingerprint density at radius 3 is 2.90 bits per heavy atom. The molecule has 0 spiro atoms. The summed E-state index contributed by atoms with van der Waals surface area (Å²) in [7, 11) is 0. The van der Waals surface area contributed by atoms with E-state index < -0.39 is 0 Å². The molecule has 104 valence electrons. The fourth-order valence-corrected chi connectivity index (χ4v) is 2.52. The Labute approximate surface area is 126 Å². The lowest BCUT2D eigenvalue weighted by atomic mass is 10.3. The molecule has 2 aromatic heterocycles. The summed E-state index contributed by atoms with van der Waals surface area (Å²) < 4.78 is 7.65. The molecule has 2 heterocycles. The van der Waals surface area contributed by atoms with Crippen molar-refractivity contribution in [2.45, 2.75) is 25.8 Å². The molecule has 4 nitrogen and oxygen atoms in total. The lowest BCUT2D eigenvalue weighted by Crippen LogP contribution is -2.04. The maximum atomic E-state index is 5.99. The van der Waals surface area contributed by atoms with Gasteiger partial charge in [0.2, 0.25) is 5.89 Å². The predicted octanol–water partition coefficient (Wildman–Crippen LogP) is 4.03. The first-order chi connectivity index (χ1) is 9.71. The number of aryl methyl sites for hydroxylation is 1. The van der Waals surface area contributed by atoms with Crippen molar-refractivity contribution in [3.63, 3.8) is 0 Å². The van der Waals surface area contributed by atoms with Crippen LogP contribution < -0.4 is 0 Å². The van der Waals surface area contributed by atoms with E-state index in [-0.39, 0.29) is 0 Å². The number of nitrogens with zero attached hydrogens (tertiary/aromatic N) is 3. The minimum absolute atomic E-state index is 0.327. The summed E-state index contributed by atoms with van der Waals surface area (Å²) in [4.78, 5) is 8.77. The minimum Gasteiger partial charge on any atom is -0.444 e. The third kappa shape index (κ3) is 2.41. The van der Waals surface area contributed by atoms with Crippen LogP contribution in [0.15, 0.2) is 28.8 Å². The van der Waals surface area contributed by atoms with Crippen LogP contribution in [0.3, 0.4) is 0 Å². The minimum atomic E-state index is 0.327. The SMILES string of the molecule is CCc1cnc(Cn2c(CCl)nc3cc(Cl)ccc32)o1. The van der Waals surface area contributed by atoms with Crippen LogP contribution in [-0.2, 0) is 18.8 Å². The van der Waals surface area contributed by atoms with Gasteiger partial charge in [-0.05, 0) is 18.2 Å². The average molecular weight is 310 g/mol. The van der Waals surface area contributed by atoms with Gasteiger partial charge >= 0.3 is 0 Å². The molecule has 0 bridgehead atoms. The number of fused-ring (bicyclic) bond motifs is 1. The summed E-state index contributed by atoms with van der Waals surface area (Å²) in [6.45, 7) is 2.54. The number of hydrogen-bond donors (Lipinski definition) is 0. The first-order valence-electron chi connectivity index (χ1n) is 6.35. The van der Waals surface area contributed by atoms with E-state index in [2.05, 4.69) is 9.97 Å². The Kier molecular flexibility index (Phi) is 3.68. The van der Waals surface area contributed by atoms with Gasteiger partial charge in [0.1, 0.15) is 18.1 Å². The molecular weight excluding hydrogens is 297 g/mol. The number of alkyl halides is 1. The zero-order valence-electron chi connectivity index (χ0n) is 10.9. The van der Waals surface area contributed by atoms with E-state index in [4.69, 9.17) is 27.6 Å². The molecule has 6 heteroatoms. The van der Waals surface area contributed by atoms with E-state index in [0.29, 0.717) is 23.3 Å². The fourth-order valence-electron chi connectivity index (χ4n) is 2.15. The number of oxazole rings is 1. The zero-order chi connectivity index (χ0) is 14.1. The topological polar surface area (TPSA) is 43.9 Å². The highest BCUT2D eigenvalue weighted by atomic mass is 35.5. The largest absolute Gasteiger partial charge is 0.444 e. The van der Waals surface area contributed by atoms with Gasteiger partial charge in [0.25, 0.3) is 0 Å². The van der Waals surface area contributed by atoms with Crippen LogP contribution in [0.1, 0.15) is 24.4 Å². The average Bonchev–Trinajstić information content (AvgIpc) is 3.03. The number of aromatic nitrogens is 3. The summed E-state index contributed by atoms with van der Waals surface area (Å²) in [5.41, 5.74) is 1.80. The maximum absolute atomic E-state index is 5.99. The third-order valence-corrected chi connectivity index (χ3v) is 3.63. The van der Waals surface area contributed by atoms with Crippen molar-refractivity contribution in [1.82, 2.24) is 14.5 Å². The molecular formula is C14H13Cl2N3O. The van der Waals surface area contributed by atoms with E-state index in [1.165, 1.54) is 0 Å². The van der Waals surface area contributed by atoms with Gasteiger partial charge in [-0.15, -0.1) is 11.6 Å². The molecule has 0 saturated heterocycles. The third-order valence-electron chi connectivity index (χ3n) is 3.15. The van der Waals surface area contributed by atoms with Crippen LogP contribution in [0.4, 0.5) is 0 Å². The fraction of sp³-hybridized carbons (Fsp3) is 0.286. The molecule has 0 aliphatic carbocycles. The summed E-state index contributed by atoms with van der Waals surface area (Å²) in [6, 6.07) is 5.61. The molecule has 0 N–H and O–H groups in total. The van der Waals surface area contributed by atoms with Crippen molar-refractivity contribution in [3.8, 4) is 0 Å². The second-order valence-corrected chi connectivity index (χ2v) is 5.16. The van der Waals surface area contributed by atoms with E-state index in [0.717, 1.165) is 29.0 Å². The van der Waals surface area contributed by atoms with Gasteiger partial charge in [0.15, 0.2) is 0 Å². The molecule has 0 fully saturated rings. The highest BCUT2D eigenvalue weighted by Gasteiger charge is 2.13. The van der Waals surface area contributed by atoms with E-state index in [9.17, 15) is 0 Å². The van der Waals surface area contributed by atoms with Gasteiger partial charge in [-0.25, -0.2) is 9.97 Å². The number of imidazole rings is 1. The molecule has 0 radical (unpaired) electrons. The zero-order valence-corrected chi connectivity index (χ0v) is 12.4. The van der Waals surface area contributed by atoms with Gasteiger partial charge in [0, 0.05) is 11.4 Å². The first kappa shape index (κ1) is 13.5. The van der Waals surface area contributed by atoms with Crippen molar-refractivity contribution >= 4 is 34.2 Å². The molecule has 20 heavy (non-hydrogen) atoms. The summed E-state index contributed by atoms with van der Waals surface area (Å²) in [5.74, 6) is 2.63. The van der Waals surface area contributed by atoms with Crippen LogP contribution >= 0.6 is 23.2 Å². The van der Waals surface area contributed by atoms with Crippen molar-refractivity contribution in [2.24, 2.45) is 0 Å². The Morgan fingerprint density at radius 1 is 1.35 bits per heavy atom. The van der Waals surface area contributed by atoms with Crippen molar-refractivity contribution in [1.29, 1.82) is 0 Å². The molecule has 0 aliphatic heterocycles. The summed E-state index contributed by atoms with van der Waals surface area (Å²) in [6.07, 6.45) is 2.58. The normalized spacial score (nSPS) is 11.3. The van der Waals surface area contributed by atoms with Crippen molar-refractivity contribution in [2.75, 3.05) is 0 Å². The highest BCUT2D eigenvalue weighted by molar-refractivity contribution is 6.31. The molecule has 1 aromatic carbocycles. The Morgan fingerprint density at radius 2 is 2.20 bits per heavy atom. The van der Waals surface area contributed by atoms with E-state index >= 15 is 0 Å². The van der Waals surface area contributed by atoms with Gasteiger partial charge in [-0.3, -0.25) is 0 Å².